The quantitative estimate of drug-likeness (QED) is 0.751. The predicted octanol–water partition coefficient (Wildman–Crippen LogP) is 1.71. The number of nitrogen functional groups attached to an aromatic ring is 1. The summed E-state index contributed by atoms with van der Waals surface area (Å²) < 4.78 is 1.52. The molecule has 2 heterocycles. The average molecular weight is 290 g/mol. The van der Waals surface area contributed by atoms with Gasteiger partial charge in [-0.25, -0.2) is 14.8 Å². The zero-order valence-corrected chi connectivity index (χ0v) is 11.5. The molecular weight excluding hydrogens is 278 g/mol. The minimum Gasteiger partial charge on any atom is -0.382 e. The van der Waals surface area contributed by atoms with Gasteiger partial charge in [0.15, 0.2) is 11.5 Å². The Morgan fingerprint density at radius 2 is 2.20 bits per heavy atom. The van der Waals surface area contributed by atoms with E-state index in [-0.39, 0.29) is 11.5 Å². The number of rotatable bonds is 2. The van der Waals surface area contributed by atoms with Crippen LogP contribution in [0.25, 0.3) is 11.2 Å². The molecule has 6 nitrogen and oxygen atoms in total. The number of aryl methyl sites for hydroxylation is 1. The molecule has 0 spiro atoms. The molecule has 0 aliphatic carbocycles. The molecule has 2 aromatic heterocycles. The Morgan fingerprint density at radius 1 is 1.40 bits per heavy atom. The van der Waals surface area contributed by atoms with Gasteiger partial charge in [0.1, 0.15) is 11.3 Å². The fraction of sp³-hybridized carbons (Fsp3) is 0.154. The third-order valence-electron chi connectivity index (χ3n) is 2.99. The third kappa shape index (κ3) is 2.14. The Morgan fingerprint density at radius 3 is 2.95 bits per heavy atom. The van der Waals surface area contributed by atoms with Crippen molar-refractivity contribution in [3.05, 3.63) is 51.2 Å². The van der Waals surface area contributed by atoms with Crippen LogP contribution in [0.15, 0.2) is 29.1 Å². The van der Waals surface area contributed by atoms with Gasteiger partial charge in [0.05, 0.1) is 6.54 Å². The summed E-state index contributed by atoms with van der Waals surface area (Å²) in [6.07, 6.45) is 0. The standard InChI is InChI=1S/C13H12ClN5O/c1-7-16-11(15)10-12(17-7)19(13(20)18-10)6-8-3-2-4-9(14)5-8/h2-5H,6H2,1H3,(H,18,20)(H2,15,16,17). The maximum absolute atomic E-state index is 12.0. The van der Waals surface area contributed by atoms with E-state index in [1.807, 2.05) is 18.2 Å². The number of aromatic nitrogens is 4. The van der Waals surface area contributed by atoms with E-state index in [0.717, 1.165) is 5.56 Å². The number of benzene rings is 1. The van der Waals surface area contributed by atoms with Crippen LogP contribution in [0.4, 0.5) is 5.82 Å². The number of halogens is 1. The van der Waals surface area contributed by atoms with Crippen LogP contribution in [0.1, 0.15) is 11.4 Å². The molecule has 20 heavy (non-hydrogen) atoms. The van der Waals surface area contributed by atoms with Crippen LogP contribution < -0.4 is 11.4 Å². The molecule has 102 valence electrons. The van der Waals surface area contributed by atoms with Crippen molar-refractivity contribution in [2.24, 2.45) is 0 Å². The second-order valence-corrected chi connectivity index (χ2v) is 4.94. The summed E-state index contributed by atoms with van der Waals surface area (Å²) in [5.74, 6) is 0.795. The van der Waals surface area contributed by atoms with Crippen LogP contribution in [-0.4, -0.2) is 19.5 Å². The van der Waals surface area contributed by atoms with Gasteiger partial charge in [-0.1, -0.05) is 23.7 Å². The highest BCUT2D eigenvalue weighted by Crippen LogP contribution is 2.16. The lowest BCUT2D eigenvalue weighted by Gasteiger charge is -2.04. The topological polar surface area (TPSA) is 89.6 Å². The highest BCUT2D eigenvalue weighted by molar-refractivity contribution is 6.30. The van der Waals surface area contributed by atoms with Crippen LogP contribution in [-0.2, 0) is 6.54 Å². The van der Waals surface area contributed by atoms with Gasteiger partial charge in [0.25, 0.3) is 0 Å². The number of hydrogen-bond donors (Lipinski definition) is 2. The first-order valence-corrected chi connectivity index (χ1v) is 6.39. The predicted molar refractivity (Wildman–Crippen MR) is 77.9 cm³/mol. The first-order valence-electron chi connectivity index (χ1n) is 6.01. The van der Waals surface area contributed by atoms with Gasteiger partial charge < -0.3 is 10.7 Å². The van der Waals surface area contributed by atoms with Crippen molar-refractivity contribution in [3.8, 4) is 0 Å². The van der Waals surface area contributed by atoms with Crippen molar-refractivity contribution in [2.45, 2.75) is 13.5 Å². The molecule has 0 saturated carbocycles. The molecule has 0 fully saturated rings. The second-order valence-electron chi connectivity index (χ2n) is 4.50. The van der Waals surface area contributed by atoms with E-state index in [0.29, 0.717) is 28.6 Å². The van der Waals surface area contributed by atoms with Gasteiger partial charge in [0, 0.05) is 5.02 Å². The van der Waals surface area contributed by atoms with Gasteiger partial charge >= 0.3 is 5.69 Å². The summed E-state index contributed by atoms with van der Waals surface area (Å²) in [5, 5.41) is 0.626. The molecule has 0 atom stereocenters. The minimum absolute atomic E-state index is 0.272. The third-order valence-corrected chi connectivity index (χ3v) is 3.23. The fourth-order valence-electron chi connectivity index (χ4n) is 2.13. The van der Waals surface area contributed by atoms with Crippen molar-refractivity contribution in [1.29, 1.82) is 0 Å². The number of aromatic amines is 1. The molecule has 3 rings (SSSR count). The Labute approximate surface area is 119 Å². The molecule has 3 aromatic rings. The summed E-state index contributed by atoms with van der Waals surface area (Å²) >= 11 is 5.95. The summed E-state index contributed by atoms with van der Waals surface area (Å²) in [6, 6.07) is 7.33. The molecule has 0 aliphatic heterocycles. The van der Waals surface area contributed by atoms with Crippen LogP contribution in [0.2, 0.25) is 5.02 Å². The van der Waals surface area contributed by atoms with E-state index in [4.69, 9.17) is 17.3 Å². The molecule has 0 bridgehead atoms. The van der Waals surface area contributed by atoms with Crippen LogP contribution >= 0.6 is 11.6 Å². The lowest BCUT2D eigenvalue weighted by molar-refractivity contribution is 0.775. The van der Waals surface area contributed by atoms with Crippen molar-refractivity contribution in [3.63, 3.8) is 0 Å². The van der Waals surface area contributed by atoms with E-state index in [9.17, 15) is 4.79 Å². The van der Waals surface area contributed by atoms with E-state index >= 15 is 0 Å². The van der Waals surface area contributed by atoms with Crippen LogP contribution in [0.3, 0.4) is 0 Å². The maximum atomic E-state index is 12.0. The molecule has 0 amide bonds. The van der Waals surface area contributed by atoms with Crippen molar-refractivity contribution < 1.29 is 0 Å². The lowest BCUT2D eigenvalue weighted by Crippen LogP contribution is -2.17. The van der Waals surface area contributed by atoms with Gasteiger partial charge in [-0.05, 0) is 24.6 Å². The fourth-order valence-corrected chi connectivity index (χ4v) is 2.34. The summed E-state index contributed by atoms with van der Waals surface area (Å²) in [6.45, 7) is 2.10. The number of anilines is 1. The smallest absolute Gasteiger partial charge is 0.328 e. The molecule has 0 unspecified atom stereocenters. The molecule has 0 radical (unpaired) electrons. The van der Waals surface area contributed by atoms with Gasteiger partial charge in [-0.15, -0.1) is 0 Å². The van der Waals surface area contributed by atoms with Crippen molar-refractivity contribution in [1.82, 2.24) is 19.5 Å². The zero-order chi connectivity index (χ0) is 14.3. The Bertz CT molecular complexity index is 852. The van der Waals surface area contributed by atoms with E-state index in [2.05, 4.69) is 15.0 Å². The van der Waals surface area contributed by atoms with Gasteiger partial charge in [-0.2, -0.15) is 0 Å². The number of hydrogen-bond acceptors (Lipinski definition) is 4. The molecule has 7 heteroatoms. The number of H-pyrrole nitrogens is 1. The monoisotopic (exact) mass is 289 g/mol. The molecular formula is C13H12ClN5O. The van der Waals surface area contributed by atoms with Crippen LogP contribution in [0.5, 0.6) is 0 Å². The summed E-state index contributed by atoms with van der Waals surface area (Å²) in [4.78, 5) is 23.0. The van der Waals surface area contributed by atoms with E-state index < -0.39 is 0 Å². The molecule has 0 saturated heterocycles. The number of fused-ring (bicyclic) bond motifs is 1. The largest absolute Gasteiger partial charge is 0.382 e. The maximum Gasteiger partial charge on any atom is 0.328 e. The van der Waals surface area contributed by atoms with Crippen molar-refractivity contribution in [2.75, 3.05) is 5.73 Å². The highest BCUT2D eigenvalue weighted by atomic mass is 35.5. The SMILES string of the molecule is Cc1nc(N)c2[nH]c(=O)n(Cc3cccc(Cl)c3)c2n1. The van der Waals surface area contributed by atoms with Gasteiger partial charge in [0.2, 0.25) is 0 Å². The normalized spacial score (nSPS) is 11.1. The Hall–Kier alpha value is -2.34. The molecule has 1 aromatic carbocycles. The average Bonchev–Trinajstić information content (AvgIpc) is 2.68. The zero-order valence-electron chi connectivity index (χ0n) is 10.7. The molecule has 0 aliphatic rings. The number of nitrogens with one attached hydrogen (secondary N) is 1. The summed E-state index contributed by atoms with van der Waals surface area (Å²) in [7, 11) is 0. The van der Waals surface area contributed by atoms with Crippen molar-refractivity contribution >= 4 is 28.6 Å². The first-order chi connectivity index (χ1) is 9.54. The Kier molecular flexibility index (Phi) is 2.94. The van der Waals surface area contributed by atoms with E-state index in [1.54, 1.807) is 13.0 Å². The highest BCUT2D eigenvalue weighted by Gasteiger charge is 2.12. The summed E-state index contributed by atoms with van der Waals surface area (Å²) in [5.41, 5.74) is 7.40. The number of nitrogens with zero attached hydrogens (tertiary/aromatic N) is 3. The van der Waals surface area contributed by atoms with Gasteiger partial charge in [-0.3, -0.25) is 4.57 Å². The van der Waals surface area contributed by atoms with Crippen LogP contribution in [0, 0.1) is 6.92 Å². The number of imidazole rings is 1. The second kappa shape index (κ2) is 4.64. The first kappa shape index (κ1) is 12.7. The molecule has 3 N–H and O–H groups in total. The number of nitrogens with two attached hydrogens (primary N) is 1. The Balaban J connectivity index is 2.16. The lowest BCUT2D eigenvalue weighted by atomic mass is 10.2. The van der Waals surface area contributed by atoms with E-state index in [1.165, 1.54) is 4.57 Å². The minimum atomic E-state index is -0.272.